The molecule has 6 heteroatoms. The maximum absolute atomic E-state index is 12.5. The van der Waals surface area contributed by atoms with E-state index in [1.54, 1.807) is 12.1 Å². The molecule has 0 aliphatic carbocycles. The van der Waals surface area contributed by atoms with Crippen molar-refractivity contribution in [3.8, 4) is 11.6 Å². The molecular weight excluding hydrogens is 364 g/mol. The number of nitrogens with one attached hydrogen (secondary N) is 2. The highest BCUT2D eigenvalue weighted by atomic mass is 16.5. The number of ether oxygens (including phenoxy) is 1. The highest BCUT2D eigenvalue weighted by Gasteiger charge is 2.21. The topological polar surface area (TPSA) is 66.5 Å². The van der Waals surface area contributed by atoms with Gasteiger partial charge in [-0.15, -0.1) is 0 Å². The minimum Gasteiger partial charge on any atom is -0.439 e. The van der Waals surface area contributed by atoms with Crippen molar-refractivity contribution in [1.82, 2.24) is 10.3 Å². The van der Waals surface area contributed by atoms with Crippen molar-refractivity contribution < 1.29 is 9.53 Å². The highest BCUT2D eigenvalue weighted by molar-refractivity contribution is 6.04. The van der Waals surface area contributed by atoms with E-state index >= 15 is 0 Å². The number of benzene rings is 2. The summed E-state index contributed by atoms with van der Waals surface area (Å²) in [4.78, 5) is 19.1. The summed E-state index contributed by atoms with van der Waals surface area (Å²) in [5.41, 5.74) is 2.41. The van der Waals surface area contributed by atoms with E-state index in [1.807, 2.05) is 61.6 Å². The number of amides is 1. The Bertz CT molecular complexity index is 943. The molecule has 0 saturated carbocycles. The van der Waals surface area contributed by atoms with Crippen LogP contribution in [0.25, 0.3) is 0 Å². The Morgan fingerprint density at radius 3 is 2.52 bits per heavy atom. The molecule has 3 aromatic rings. The molecule has 4 rings (SSSR count). The summed E-state index contributed by atoms with van der Waals surface area (Å²) < 4.78 is 5.66. The summed E-state index contributed by atoms with van der Waals surface area (Å²) in [7, 11) is 2.00. The van der Waals surface area contributed by atoms with Crippen LogP contribution in [0.1, 0.15) is 16.8 Å². The summed E-state index contributed by atoms with van der Waals surface area (Å²) in [6.07, 6.45) is 2.66. The Hall–Kier alpha value is -3.38. The van der Waals surface area contributed by atoms with Crippen molar-refractivity contribution in [3.05, 3.63) is 78.5 Å². The number of rotatable bonds is 6. The molecule has 1 unspecified atom stereocenters. The molecule has 0 bridgehead atoms. The number of aromatic nitrogens is 1. The first-order chi connectivity index (χ1) is 14.2. The van der Waals surface area contributed by atoms with Gasteiger partial charge in [-0.3, -0.25) is 4.79 Å². The molecule has 1 atom stereocenters. The van der Waals surface area contributed by atoms with Gasteiger partial charge in [0.15, 0.2) is 0 Å². The van der Waals surface area contributed by atoms with Gasteiger partial charge in [-0.1, -0.05) is 18.2 Å². The Labute approximate surface area is 170 Å². The van der Waals surface area contributed by atoms with Gasteiger partial charge in [0, 0.05) is 42.8 Å². The van der Waals surface area contributed by atoms with Crippen molar-refractivity contribution in [3.63, 3.8) is 0 Å². The Morgan fingerprint density at radius 1 is 1.07 bits per heavy atom. The zero-order valence-corrected chi connectivity index (χ0v) is 16.3. The predicted octanol–water partition coefficient (Wildman–Crippen LogP) is 3.92. The molecule has 2 aromatic carbocycles. The van der Waals surface area contributed by atoms with Gasteiger partial charge in [0.25, 0.3) is 5.91 Å². The van der Waals surface area contributed by atoms with Crippen molar-refractivity contribution in [2.45, 2.75) is 12.5 Å². The van der Waals surface area contributed by atoms with E-state index < -0.39 is 0 Å². The second-order valence-corrected chi connectivity index (χ2v) is 7.02. The third kappa shape index (κ3) is 4.73. The molecule has 1 amide bonds. The lowest BCUT2D eigenvalue weighted by atomic mass is 10.2. The molecular formula is C23H24N4O2. The lowest BCUT2D eigenvalue weighted by Crippen LogP contribution is -2.29. The van der Waals surface area contributed by atoms with Crippen LogP contribution >= 0.6 is 0 Å². The van der Waals surface area contributed by atoms with E-state index in [0.29, 0.717) is 23.2 Å². The number of hydrogen-bond acceptors (Lipinski definition) is 5. The molecule has 1 saturated heterocycles. The lowest BCUT2D eigenvalue weighted by Gasteiger charge is -2.19. The van der Waals surface area contributed by atoms with Crippen molar-refractivity contribution in [2.24, 2.45) is 0 Å². The number of anilines is 2. The Balaban J connectivity index is 1.35. The molecule has 2 heterocycles. The van der Waals surface area contributed by atoms with Crippen molar-refractivity contribution in [2.75, 3.05) is 30.4 Å². The van der Waals surface area contributed by atoms with E-state index in [2.05, 4.69) is 20.5 Å². The Morgan fingerprint density at radius 2 is 1.86 bits per heavy atom. The van der Waals surface area contributed by atoms with Crippen LogP contribution in [-0.2, 0) is 0 Å². The molecule has 1 aromatic heterocycles. The third-order valence-electron chi connectivity index (χ3n) is 5.05. The number of carbonyl (C=O) groups excluding carboxylic acids is 1. The van der Waals surface area contributed by atoms with Crippen molar-refractivity contribution >= 4 is 17.3 Å². The van der Waals surface area contributed by atoms with Gasteiger partial charge in [0.2, 0.25) is 5.88 Å². The number of para-hydroxylation sites is 1. The Kier molecular flexibility index (Phi) is 5.72. The van der Waals surface area contributed by atoms with Crippen LogP contribution in [0, 0.1) is 0 Å². The van der Waals surface area contributed by atoms with Crippen LogP contribution in [0.3, 0.4) is 0 Å². The first-order valence-corrected chi connectivity index (χ1v) is 9.74. The second kappa shape index (κ2) is 8.75. The fourth-order valence-corrected chi connectivity index (χ4v) is 3.37. The van der Waals surface area contributed by atoms with Gasteiger partial charge in [0.1, 0.15) is 5.75 Å². The van der Waals surface area contributed by atoms with Gasteiger partial charge in [-0.25, -0.2) is 4.98 Å². The monoisotopic (exact) mass is 388 g/mol. The smallest absolute Gasteiger partial charge is 0.257 e. The van der Waals surface area contributed by atoms with Gasteiger partial charge in [-0.2, -0.15) is 0 Å². The lowest BCUT2D eigenvalue weighted by molar-refractivity contribution is 0.102. The highest BCUT2D eigenvalue weighted by Crippen LogP contribution is 2.23. The molecule has 1 fully saturated rings. The van der Waals surface area contributed by atoms with E-state index in [-0.39, 0.29) is 5.91 Å². The fourth-order valence-electron chi connectivity index (χ4n) is 3.37. The molecule has 1 aliphatic rings. The molecule has 0 radical (unpaired) electrons. The summed E-state index contributed by atoms with van der Waals surface area (Å²) in [5, 5.41) is 6.24. The number of likely N-dealkylation sites (N-methyl/N-ethyl adjacent to an activating group) is 1. The molecule has 2 N–H and O–H groups in total. The van der Waals surface area contributed by atoms with E-state index in [4.69, 9.17) is 4.74 Å². The SMILES string of the molecule is CNC1CCN(c2ccc(NC(=O)c3ccc(Oc4ccccc4)nc3)cc2)C1. The van der Waals surface area contributed by atoms with E-state index in [1.165, 1.54) is 11.9 Å². The zero-order chi connectivity index (χ0) is 20.1. The number of hydrogen-bond donors (Lipinski definition) is 2. The minimum atomic E-state index is -0.201. The molecule has 1 aliphatic heterocycles. The number of carbonyl (C=O) groups is 1. The summed E-state index contributed by atoms with van der Waals surface area (Å²) in [6.45, 7) is 2.05. The first kappa shape index (κ1) is 19.0. The summed E-state index contributed by atoms with van der Waals surface area (Å²) in [5.74, 6) is 0.951. The van der Waals surface area contributed by atoms with Gasteiger partial charge in [0.05, 0.1) is 5.56 Å². The standard InChI is InChI=1S/C23H24N4O2/c1-24-19-13-14-27(16-19)20-10-8-18(9-11-20)26-23(28)17-7-12-22(25-15-17)29-21-5-3-2-4-6-21/h2-12,15,19,24H,13-14,16H2,1H3,(H,26,28). The first-order valence-electron chi connectivity index (χ1n) is 9.74. The molecule has 0 spiro atoms. The second-order valence-electron chi connectivity index (χ2n) is 7.02. The van der Waals surface area contributed by atoms with Crippen LogP contribution in [0.15, 0.2) is 72.9 Å². The maximum Gasteiger partial charge on any atom is 0.257 e. The van der Waals surface area contributed by atoms with Crippen LogP contribution < -0.4 is 20.3 Å². The molecule has 29 heavy (non-hydrogen) atoms. The van der Waals surface area contributed by atoms with Gasteiger partial charge >= 0.3 is 0 Å². The molecule has 6 nitrogen and oxygen atoms in total. The third-order valence-corrected chi connectivity index (χ3v) is 5.05. The molecule has 148 valence electrons. The average Bonchev–Trinajstić information content (AvgIpc) is 3.25. The van der Waals surface area contributed by atoms with Crippen LogP contribution in [0.2, 0.25) is 0 Å². The van der Waals surface area contributed by atoms with Gasteiger partial charge < -0.3 is 20.3 Å². The minimum absolute atomic E-state index is 0.201. The van der Waals surface area contributed by atoms with E-state index in [0.717, 1.165) is 25.2 Å². The van der Waals surface area contributed by atoms with Crippen LogP contribution in [0.5, 0.6) is 11.6 Å². The summed E-state index contributed by atoms with van der Waals surface area (Å²) in [6, 6.07) is 21.3. The van der Waals surface area contributed by atoms with Crippen molar-refractivity contribution in [1.29, 1.82) is 0 Å². The van der Waals surface area contributed by atoms with Crippen LogP contribution in [-0.4, -0.2) is 37.1 Å². The fraction of sp³-hybridized carbons (Fsp3) is 0.217. The number of nitrogens with zero attached hydrogens (tertiary/aromatic N) is 2. The normalized spacial score (nSPS) is 15.9. The number of pyridine rings is 1. The average molecular weight is 388 g/mol. The summed E-state index contributed by atoms with van der Waals surface area (Å²) >= 11 is 0. The maximum atomic E-state index is 12.5. The predicted molar refractivity (Wildman–Crippen MR) is 115 cm³/mol. The largest absolute Gasteiger partial charge is 0.439 e. The quantitative estimate of drug-likeness (QED) is 0.670. The van der Waals surface area contributed by atoms with Gasteiger partial charge in [-0.05, 0) is 55.9 Å². The zero-order valence-electron chi connectivity index (χ0n) is 16.3. The van der Waals surface area contributed by atoms with E-state index in [9.17, 15) is 4.79 Å². The van der Waals surface area contributed by atoms with Crippen LogP contribution in [0.4, 0.5) is 11.4 Å².